The van der Waals surface area contributed by atoms with E-state index in [1.807, 2.05) is 13.8 Å². The van der Waals surface area contributed by atoms with Crippen molar-refractivity contribution in [3.8, 4) is 0 Å². The molecular formula is C8H18O3. The van der Waals surface area contributed by atoms with Crippen molar-refractivity contribution in [3.05, 3.63) is 0 Å². The molecule has 0 saturated heterocycles. The van der Waals surface area contributed by atoms with Crippen molar-refractivity contribution >= 4 is 0 Å². The SMILES string of the molecule is CCCCC(C)(C)OC(O)O. The lowest BCUT2D eigenvalue weighted by Crippen LogP contribution is -2.30. The third-order valence-corrected chi connectivity index (χ3v) is 1.56. The number of ether oxygens (including phenoxy) is 1. The molecule has 0 aromatic heterocycles. The van der Waals surface area contributed by atoms with Crippen LogP contribution in [0.2, 0.25) is 0 Å². The Morgan fingerprint density at radius 1 is 1.36 bits per heavy atom. The van der Waals surface area contributed by atoms with E-state index in [1.54, 1.807) is 0 Å². The summed E-state index contributed by atoms with van der Waals surface area (Å²) in [5, 5.41) is 17.0. The Morgan fingerprint density at radius 2 is 1.91 bits per heavy atom. The summed E-state index contributed by atoms with van der Waals surface area (Å²) in [5.74, 6) is 0. The first-order valence-corrected chi connectivity index (χ1v) is 4.02. The standard InChI is InChI=1S/C8H18O3/c1-4-5-6-8(2,3)11-7(9)10/h7,9-10H,4-6H2,1-3H3. The molecule has 0 aliphatic carbocycles. The van der Waals surface area contributed by atoms with Gasteiger partial charge < -0.3 is 14.9 Å². The van der Waals surface area contributed by atoms with Crippen molar-refractivity contribution in [2.24, 2.45) is 0 Å². The first-order valence-electron chi connectivity index (χ1n) is 4.02. The molecule has 0 aromatic rings. The van der Waals surface area contributed by atoms with Crippen LogP contribution < -0.4 is 0 Å². The van der Waals surface area contributed by atoms with Crippen LogP contribution >= 0.6 is 0 Å². The fourth-order valence-corrected chi connectivity index (χ4v) is 0.947. The van der Waals surface area contributed by atoms with E-state index in [0.717, 1.165) is 19.3 Å². The maximum absolute atomic E-state index is 8.52. The normalized spacial score (nSPS) is 12.5. The van der Waals surface area contributed by atoms with Crippen molar-refractivity contribution in [1.82, 2.24) is 0 Å². The maximum atomic E-state index is 8.52. The molecule has 0 saturated carbocycles. The highest BCUT2D eigenvalue weighted by Crippen LogP contribution is 2.18. The number of unbranched alkanes of at least 4 members (excludes halogenated alkanes) is 1. The minimum absolute atomic E-state index is 0.426. The number of rotatable bonds is 5. The van der Waals surface area contributed by atoms with Gasteiger partial charge in [0.25, 0.3) is 6.48 Å². The fraction of sp³-hybridized carbons (Fsp3) is 1.00. The summed E-state index contributed by atoms with van der Waals surface area (Å²) in [6, 6.07) is 0. The number of aliphatic hydroxyl groups excluding tert-OH is 1. The van der Waals surface area contributed by atoms with E-state index in [4.69, 9.17) is 14.9 Å². The molecule has 0 radical (unpaired) electrons. The minimum Gasteiger partial charge on any atom is -0.346 e. The van der Waals surface area contributed by atoms with E-state index in [2.05, 4.69) is 6.92 Å². The van der Waals surface area contributed by atoms with E-state index >= 15 is 0 Å². The average molecular weight is 162 g/mol. The molecule has 0 rings (SSSR count). The lowest BCUT2D eigenvalue weighted by molar-refractivity contribution is -0.280. The summed E-state index contributed by atoms with van der Waals surface area (Å²) in [4.78, 5) is 0. The Kier molecular flexibility index (Phi) is 4.65. The van der Waals surface area contributed by atoms with E-state index in [0.29, 0.717) is 0 Å². The Labute approximate surface area is 68.0 Å². The second kappa shape index (κ2) is 4.70. The van der Waals surface area contributed by atoms with Crippen LogP contribution in [0.15, 0.2) is 0 Å². The molecule has 68 valence electrons. The Morgan fingerprint density at radius 3 is 2.27 bits per heavy atom. The highest BCUT2D eigenvalue weighted by Gasteiger charge is 2.20. The van der Waals surface area contributed by atoms with Crippen LogP contribution in [0.25, 0.3) is 0 Å². The molecule has 11 heavy (non-hydrogen) atoms. The van der Waals surface area contributed by atoms with E-state index < -0.39 is 12.1 Å². The predicted molar refractivity (Wildman–Crippen MR) is 42.9 cm³/mol. The Balaban J connectivity index is 3.61. The van der Waals surface area contributed by atoms with Gasteiger partial charge in [0.1, 0.15) is 0 Å². The molecular weight excluding hydrogens is 144 g/mol. The predicted octanol–water partition coefficient (Wildman–Crippen LogP) is 1.24. The number of hydrogen-bond donors (Lipinski definition) is 2. The molecule has 0 atom stereocenters. The zero-order valence-corrected chi connectivity index (χ0v) is 7.50. The third kappa shape index (κ3) is 6.28. The Hall–Kier alpha value is -0.120. The molecule has 0 aliphatic rings. The van der Waals surface area contributed by atoms with Gasteiger partial charge in [-0.3, -0.25) is 0 Å². The van der Waals surface area contributed by atoms with Crippen molar-refractivity contribution in [1.29, 1.82) is 0 Å². The van der Waals surface area contributed by atoms with Crippen molar-refractivity contribution < 1.29 is 14.9 Å². The second-order valence-corrected chi connectivity index (χ2v) is 3.31. The number of hydrogen-bond acceptors (Lipinski definition) is 3. The van der Waals surface area contributed by atoms with Gasteiger partial charge in [0.2, 0.25) is 0 Å². The first-order chi connectivity index (χ1) is 4.98. The number of aliphatic hydroxyl groups is 2. The van der Waals surface area contributed by atoms with Gasteiger partial charge in [-0.15, -0.1) is 0 Å². The van der Waals surface area contributed by atoms with Gasteiger partial charge in [0.15, 0.2) is 0 Å². The first kappa shape index (κ1) is 10.9. The van der Waals surface area contributed by atoms with Gasteiger partial charge in [-0.1, -0.05) is 19.8 Å². The Bertz CT molecular complexity index is 99.5. The summed E-state index contributed by atoms with van der Waals surface area (Å²) in [5.41, 5.74) is -0.426. The molecule has 0 amide bonds. The van der Waals surface area contributed by atoms with Gasteiger partial charge in [-0.25, -0.2) is 0 Å². The zero-order chi connectivity index (χ0) is 8.91. The topological polar surface area (TPSA) is 49.7 Å². The maximum Gasteiger partial charge on any atom is 0.267 e. The van der Waals surface area contributed by atoms with Crippen LogP contribution in [0.3, 0.4) is 0 Å². The zero-order valence-electron chi connectivity index (χ0n) is 7.50. The molecule has 0 bridgehead atoms. The quantitative estimate of drug-likeness (QED) is 0.598. The monoisotopic (exact) mass is 162 g/mol. The molecule has 0 aliphatic heterocycles. The smallest absolute Gasteiger partial charge is 0.267 e. The van der Waals surface area contributed by atoms with E-state index in [1.165, 1.54) is 0 Å². The molecule has 0 fully saturated rings. The third-order valence-electron chi connectivity index (χ3n) is 1.56. The minimum atomic E-state index is -1.65. The summed E-state index contributed by atoms with van der Waals surface area (Å²) in [6.07, 6.45) is 2.98. The average Bonchev–Trinajstić information content (AvgIpc) is 1.81. The van der Waals surface area contributed by atoms with Gasteiger partial charge in [-0.05, 0) is 20.3 Å². The molecule has 0 unspecified atom stereocenters. The molecule has 0 heterocycles. The van der Waals surface area contributed by atoms with Gasteiger partial charge in [0, 0.05) is 0 Å². The summed E-state index contributed by atoms with van der Waals surface area (Å²) in [7, 11) is 0. The van der Waals surface area contributed by atoms with Crippen molar-refractivity contribution in [2.75, 3.05) is 0 Å². The lowest BCUT2D eigenvalue weighted by atomic mass is 10.0. The van der Waals surface area contributed by atoms with Crippen molar-refractivity contribution in [2.45, 2.75) is 52.1 Å². The highest BCUT2D eigenvalue weighted by molar-refractivity contribution is 4.67. The van der Waals surface area contributed by atoms with Crippen LogP contribution in [0, 0.1) is 0 Å². The van der Waals surface area contributed by atoms with Crippen LogP contribution in [0.1, 0.15) is 40.0 Å². The highest BCUT2D eigenvalue weighted by atomic mass is 16.7. The summed E-state index contributed by atoms with van der Waals surface area (Å²) < 4.78 is 4.85. The van der Waals surface area contributed by atoms with Gasteiger partial charge in [-0.2, -0.15) is 0 Å². The van der Waals surface area contributed by atoms with Crippen LogP contribution in [0.4, 0.5) is 0 Å². The largest absolute Gasteiger partial charge is 0.346 e. The van der Waals surface area contributed by atoms with Crippen molar-refractivity contribution in [3.63, 3.8) is 0 Å². The van der Waals surface area contributed by atoms with Gasteiger partial charge >= 0.3 is 0 Å². The molecule has 0 spiro atoms. The summed E-state index contributed by atoms with van der Waals surface area (Å²) in [6.45, 7) is 4.14. The van der Waals surface area contributed by atoms with Crippen LogP contribution in [0.5, 0.6) is 0 Å². The molecule has 3 heteroatoms. The molecule has 3 nitrogen and oxygen atoms in total. The van der Waals surface area contributed by atoms with E-state index in [-0.39, 0.29) is 0 Å². The lowest BCUT2D eigenvalue weighted by Gasteiger charge is -2.25. The van der Waals surface area contributed by atoms with Gasteiger partial charge in [0.05, 0.1) is 5.60 Å². The van der Waals surface area contributed by atoms with E-state index in [9.17, 15) is 0 Å². The molecule has 2 N–H and O–H groups in total. The fourth-order valence-electron chi connectivity index (χ4n) is 0.947. The molecule has 0 aromatic carbocycles. The second-order valence-electron chi connectivity index (χ2n) is 3.31. The van der Waals surface area contributed by atoms with Crippen LogP contribution in [-0.4, -0.2) is 22.3 Å². The van der Waals surface area contributed by atoms with Crippen LogP contribution in [-0.2, 0) is 4.74 Å². The summed E-state index contributed by atoms with van der Waals surface area (Å²) >= 11 is 0.